The van der Waals surface area contributed by atoms with Crippen LogP contribution in [0.3, 0.4) is 0 Å². The van der Waals surface area contributed by atoms with Gasteiger partial charge in [0.25, 0.3) is 0 Å². The highest BCUT2D eigenvalue weighted by atomic mass is 32.2. The van der Waals surface area contributed by atoms with Crippen LogP contribution >= 0.6 is 11.8 Å². The molecule has 0 bridgehead atoms. The number of hydrogen-bond acceptors (Lipinski definition) is 8. The molecule has 3 heterocycles. The first-order valence-corrected chi connectivity index (χ1v) is 13.4. The van der Waals surface area contributed by atoms with Gasteiger partial charge in [0.2, 0.25) is 5.91 Å². The quantitative estimate of drug-likeness (QED) is 0.377. The van der Waals surface area contributed by atoms with Crippen LogP contribution in [0.5, 0.6) is 5.75 Å². The van der Waals surface area contributed by atoms with E-state index in [4.69, 9.17) is 9.47 Å². The number of allylic oxidation sites excluding steroid dienone is 1. The highest BCUT2D eigenvalue weighted by molar-refractivity contribution is 8.16. The number of aromatic nitrogens is 1. The van der Waals surface area contributed by atoms with E-state index in [2.05, 4.69) is 15.3 Å². The van der Waals surface area contributed by atoms with E-state index in [1.54, 1.807) is 19.3 Å². The van der Waals surface area contributed by atoms with Crippen LogP contribution < -0.4 is 10.1 Å². The van der Waals surface area contributed by atoms with Crippen LogP contribution in [-0.2, 0) is 27.5 Å². The van der Waals surface area contributed by atoms with Gasteiger partial charge >= 0.3 is 5.97 Å². The first-order chi connectivity index (χ1) is 19.0. The molecule has 1 unspecified atom stereocenters. The van der Waals surface area contributed by atoms with Gasteiger partial charge in [-0.3, -0.25) is 9.78 Å². The molecule has 2 aromatic carbocycles. The van der Waals surface area contributed by atoms with Gasteiger partial charge in [0, 0.05) is 24.6 Å². The highest BCUT2D eigenvalue weighted by Gasteiger charge is 2.41. The number of nitrogens with zero attached hydrogens (tertiary/aromatic N) is 3. The van der Waals surface area contributed by atoms with Crippen molar-refractivity contribution in [1.82, 2.24) is 15.2 Å². The number of carbonyl (C=O) groups is 2. The van der Waals surface area contributed by atoms with Crippen molar-refractivity contribution in [3.05, 3.63) is 118 Å². The predicted octanol–water partition coefficient (Wildman–Crippen LogP) is 5.12. The number of amidine groups is 1. The van der Waals surface area contributed by atoms with E-state index in [9.17, 15) is 9.59 Å². The van der Waals surface area contributed by atoms with Crippen molar-refractivity contribution in [2.24, 2.45) is 4.99 Å². The van der Waals surface area contributed by atoms with E-state index < -0.39 is 12.0 Å². The molecule has 1 N–H and O–H groups in total. The Morgan fingerprint density at radius 3 is 2.59 bits per heavy atom. The molecule has 1 aromatic heterocycles. The van der Waals surface area contributed by atoms with Gasteiger partial charge in [-0.1, -0.05) is 54.2 Å². The number of thioether (sulfide) groups is 1. The molecule has 3 aromatic rings. The second-order valence-electron chi connectivity index (χ2n) is 9.04. The number of benzene rings is 2. The number of pyridine rings is 1. The molecule has 0 saturated heterocycles. The third-order valence-corrected chi connectivity index (χ3v) is 7.30. The molecular weight excluding hydrogens is 512 g/mol. The zero-order valence-electron chi connectivity index (χ0n) is 21.7. The Morgan fingerprint density at radius 2 is 1.82 bits per heavy atom. The lowest BCUT2D eigenvalue weighted by molar-refractivity contribution is -0.136. The van der Waals surface area contributed by atoms with Crippen molar-refractivity contribution in [3.8, 4) is 5.75 Å². The first kappa shape index (κ1) is 26.2. The number of hydrogen-bond donors (Lipinski definition) is 1. The number of methoxy groups -OCH3 is 1. The molecule has 198 valence electrons. The molecule has 8 nitrogen and oxygen atoms in total. The van der Waals surface area contributed by atoms with Crippen LogP contribution in [0.4, 0.5) is 0 Å². The third-order valence-electron chi connectivity index (χ3n) is 6.41. The first-order valence-electron chi connectivity index (χ1n) is 12.5. The number of carbonyl (C=O) groups excluding carboxylic acids is 2. The Kier molecular flexibility index (Phi) is 8.07. The number of aliphatic imine (C=N–C) groups is 1. The maximum Gasteiger partial charge on any atom is 0.338 e. The maximum atomic E-state index is 13.0. The van der Waals surface area contributed by atoms with Gasteiger partial charge in [0.05, 0.1) is 30.8 Å². The fraction of sp³-hybridized carbons (Fsp3) is 0.200. The minimum absolute atomic E-state index is 0.130. The van der Waals surface area contributed by atoms with Crippen LogP contribution in [0.1, 0.15) is 36.1 Å². The van der Waals surface area contributed by atoms with Crippen molar-refractivity contribution in [2.75, 3.05) is 7.11 Å². The van der Waals surface area contributed by atoms with Gasteiger partial charge in [0.1, 0.15) is 12.4 Å². The summed E-state index contributed by atoms with van der Waals surface area (Å²) in [5.74, 6) is 0.0774. The summed E-state index contributed by atoms with van der Waals surface area (Å²) in [6.07, 6.45) is 3.52. The van der Waals surface area contributed by atoms with Gasteiger partial charge < -0.3 is 19.7 Å². The Bertz CT molecular complexity index is 1450. The smallest absolute Gasteiger partial charge is 0.338 e. The molecular formula is C30H28N4O4S. The molecule has 0 spiro atoms. The second kappa shape index (κ2) is 12.0. The van der Waals surface area contributed by atoms with Crippen molar-refractivity contribution in [3.63, 3.8) is 0 Å². The summed E-state index contributed by atoms with van der Waals surface area (Å²) in [6, 6.07) is 20.8. The number of amides is 1. The zero-order valence-corrected chi connectivity index (χ0v) is 22.5. The summed E-state index contributed by atoms with van der Waals surface area (Å²) in [5, 5.41) is 5.59. The number of fused-ring (bicyclic) bond motifs is 1. The van der Waals surface area contributed by atoms with E-state index in [-0.39, 0.29) is 12.3 Å². The SMILES string of the molecule is COC(=O)C1=C(C)N=C2SC=C(CC(=O)NCc3ccncc3)N2C1c1cccc(OCc2ccccc2)c1. The minimum Gasteiger partial charge on any atom is -0.489 e. The fourth-order valence-corrected chi connectivity index (χ4v) is 5.46. The second-order valence-corrected chi connectivity index (χ2v) is 9.88. The van der Waals surface area contributed by atoms with E-state index >= 15 is 0 Å². The number of nitrogens with one attached hydrogen (secondary N) is 1. The lowest BCUT2D eigenvalue weighted by atomic mass is 9.93. The van der Waals surface area contributed by atoms with Gasteiger partial charge in [-0.25, -0.2) is 9.79 Å². The largest absolute Gasteiger partial charge is 0.489 e. The monoisotopic (exact) mass is 540 g/mol. The van der Waals surface area contributed by atoms with Crippen LogP contribution in [0, 0.1) is 0 Å². The zero-order chi connectivity index (χ0) is 27.2. The lowest BCUT2D eigenvalue weighted by Crippen LogP contribution is -2.37. The van der Waals surface area contributed by atoms with Crippen LogP contribution in [0.25, 0.3) is 0 Å². The predicted molar refractivity (Wildman–Crippen MR) is 150 cm³/mol. The Balaban J connectivity index is 1.40. The standard InChI is InChI=1S/C30H28N4O4S/c1-20-27(29(36)37-2)28(23-9-6-10-25(15-23)38-18-22-7-4-3-5-8-22)34-24(19-39-30(34)33-20)16-26(35)32-17-21-11-13-31-14-12-21/h3-15,19,28H,16-18H2,1-2H3,(H,32,35). The summed E-state index contributed by atoms with van der Waals surface area (Å²) in [4.78, 5) is 36.6. The maximum absolute atomic E-state index is 13.0. The van der Waals surface area contributed by atoms with Gasteiger partial charge in [-0.2, -0.15) is 0 Å². The van der Waals surface area contributed by atoms with Crippen molar-refractivity contribution in [1.29, 1.82) is 0 Å². The molecule has 1 atom stereocenters. The molecule has 2 aliphatic rings. The molecule has 2 aliphatic heterocycles. The fourth-order valence-electron chi connectivity index (χ4n) is 4.50. The lowest BCUT2D eigenvalue weighted by Gasteiger charge is -2.36. The molecule has 0 radical (unpaired) electrons. The van der Waals surface area contributed by atoms with Gasteiger partial charge in [-0.15, -0.1) is 0 Å². The van der Waals surface area contributed by atoms with Crippen molar-refractivity contribution < 1.29 is 19.1 Å². The third kappa shape index (κ3) is 6.04. The minimum atomic E-state index is -0.528. The van der Waals surface area contributed by atoms with E-state index in [1.807, 2.05) is 77.0 Å². The molecule has 0 saturated carbocycles. The van der Waals surface area contributed by atoms with Crippen LogP contribution in [0.15, 0.2) is 106 Å². The van der Waals surface area contributed by atoms with Gasteiger partial charge in [0.15, 0.2) is 5.17 Å². The van der Waals surface area contributed by atoms with E-state index in [1.165, 1.54) is 18.9 Å². The highest BCUT2D eigenvalue weighted by Crippen LogP contribution is 2.45. The van der Waals surface area contributed by atoms with Crippen molar-refractivity contribution in [2.45, 2.75) is 32.5 Å². The summed E-state index contributed by atoms with van der Waals surface area (Å²) in [7, 11) is 1.36. The number of esters is 1. The van der Waals surface area contributed by atoms with Crippen LogP contribution in [0.2, 0.25) is 0 Å². The molecule has 5 rings (SSSR count). The summed E-state index contributed by atoms with van der Waals surface area (Å²) in [5.41, 5.74) is 4.61. The molecule has 0 fully saturated rings. The summed E-state index contributed by atoms with van der Waals surface area (Å²) < 4.78 is 11.2. The average Bonchev–Trinajstić information content (AvgIpc) is 3.36. The topological polar surface area (TPSA) is 93.1 Å². The number of ether oxygens (including phenoxy) is 2. The molecule has 1 amide bonds. The van der Waals surface area contributed by atoms with Crippen molar-refractivity contribution >= 4 is 28.8 Å². The van der Waals surface area contributed by atoms with E-state index in [0.29, 0.717) is 35.3 Å². The summed E-state index contributed by atoms with van der Waals surface area (Å²) in [6.45, 7) is 2.63. The van der Waals surface area contributed by atoms with Gasteiger partial charge in [-0.05, 0) is 53.3 Å². The molecule has 39 heavy (non-hydrogen) atoms. The molecule has 9 heteroatoms. The van der Waals surface area contributed by atoms with Crippen LogP contribution in [-0.4, -0.2) is 34.0 Å². The Hall–Kier alpha value is -4.37. The normalized spacial score (nSPS) is 16.3. The Labute approximate surface area is 231 Å². The molecule has 0 aliphatic carbocycles. The average molecular weight is 541 g/mol. The Morgan fingerprint density at radius 1 is 1.03 bits per heavy atom. The number of rotatable bonds is 9. The van der Waals surface area contributed by atoms with E-state index in [0.717, 1.165) is 22.4 Å². The summed E-state index contributed by atoms with van der Waals surface area (Å²) >= 11 is 1.43.